The van der Waals surface area contributed by atoms with Gasteiger partial charge in [-0.2, -0.15) is 0 Å². The number of aromatic nitrogens is 1. The van der Waals surface area contributed by atoms with Crippen LogP contribution in [0.3, 0.4) is 0 Å². The Balaban J connectivity index is 2.00. The quantitative estimate of drug-likeness (QED) is 0.700. The third kappa shape index (κ3) is 2.87. The van der Waals surface area contributed by atoms with Crippen molar-refractivity contribution in [3.8, 4) is 11.1 Å². The molecule has 1 unspecified atom stereocenters. The number of carbonyl (C=O) groups excluding carboxylic acids is 1. The number of rotatable bonds is 5. The van der Waals surface area contributed by atoms with Crippen molar-refractivity contribution in [2.45, 2.75) is 12.3 Å². The van der Waals surface area contributed by atoms with Gasteiger partial charge in [-0.1, -0.05) is 12.1 Å². The molecule has 3 aromatic rings. The van der Waals surface area contributed by atoms with Crippen LogP contribution < -0.4 is 0 Å². The van der Waals surface area contributed by atoms with Crippen LogP contribution in [0.25, 0.3) is 22.0 Å². The van der Waals surface area contributed by atoms with E-state index < -0.39 is 5.92 Å². The lowest BCUT2D eigenvalue weighted by Gasteiger charge is -2.10. The van der Waals surface area contributed by atoms with Gasteiger partial charge in [0.2, 0.25) is 0 Å². The number of methoxy groups -OCH3 is 1. The summed E-state index contributed by atoms with van der Waals surface area (Å²) in [6, 6.07) is 6.84. The highest BCUT2D eigenvalue weighted by Gasteiger charge is 2.23. The van der Waals surface area contributed by atoms with Crippen molar-refractivity contribution in [3.05, 3.63) is 46.5 Å². The van der Waals surface area contributed by atoms with Crippen molar-refractivity contribution < 1.29 is 19.0 Å². The zero-order valence-corrected chi connectivity index (χ0v) is 13.3. The van der Waals surface area contributed by atoms with E-state index in [0.29, 0.717) is 11.9 Å². The second-order valence-electron chi connectivity index (χ2n) is 5.19. The molecule has 0 aliphatic rings. The number of halogens is 1. The first kappa shape index (κ1) is 15.7. The minimum atomic E-state index is -0.481. The van der Waals surface area contributed by atoms with Crippen LogP contribution in [-0.4, -0.2) is 29.8 Å². The lowest BCUT2D eigenvalue weighted by atomic mass is 10.0. The summed E-state index contributed by atoms with van der Waals surface area (Å²) in [4.78, 5) is 15.6. The number of aromatic amines is 1. The number of carbonyl (C=O) groups is 1. The Kier molecular flexibility index (Phi) is 4.45. The Morgan fingerprint density at radius 1 is 1.48 bits per heavy atom. The van der Waals surface area contributed by atoms with E-state index >= 15 is 0 Å². The van der Waals surface area contributed by atoms with Gasteiger partial charge in [-0.3, -0.25) is 4.79 Å². The third-order valence-electron chi connectivity index (χ3n) is 3.84. The first-order valence-corrected chi connectivity index (χ1v) is 8.06. The molecular weight excluding hydrogens is 317 g/mol. The van der Waals surface area contributed by atoms with E-state index in [0.717, 1.165) is 21.4 Å². The van der Waals surface area contributed by atoms with Crippen LogP contribution in [0.5, 0.6) is 0 Å². The summed E-state index contributed by atoms with van der Waals surface area (Å²) in [6.45, 7) is -0.0920. The van der Waals surface area contributed by atoms with Crippen molar-refractivity contribution >= 4 is 28.2 Å². The lowest BCUT2D eigenvalue weighted by Crippen LogP contribution is -2.14. The molecule has 6 heteroatoms. The van der Waals surface area contributed by atoms with Crippen LogP contribution in [-0.2, 0) is 9.53 Å². The number of esters is 1. The van der Waals surface area contributed by atoms with Gasteiger partial charge in [0.15, 0.2) is 0 Å². The fourth-order valence-electron chi connectivity index (χ4n) is 2.68. The molecule has 0 aliphatic carbocycles. The first-order valence-electron chi connectivity index (χ1n) is 7.18. The van der Waals surface area contributed by atoms with Crippen molar-refractivity contribution in [3.63, 3.8) is 0 Å². The smallest absolute Gasteiger partial charge is 0.314 e. The minimum Gasteiger partial charge on any atom is -0.469 e. The number of H-pyrrole nitrogens is 1. The summed E-state index contributed by atoms with van der Waals surface area (Å²) in [5.41, 5.74) is 2.26. The molecule has 0 amide bonds. The van der Waals surface area contributed by atoms with Gasteiger partial charge in [-0.05, 0) is 29.5 Å². The van der Waals surface area contributed by atoms with E-state index in [1.165, 1.54) is 24.5 Å². The molecule has 0 spiro atoms. The Hall–Kier alpha value is -2.18. The molecule has 2 aromatic heterocycles. The van der Waals surface area contributed by atoms with Gasteiger partial charge in [0, 0.05) is 28.6 Å². The fourth-order valence-corrected chi connectivity index (χ4v) is 3.71. The summed E-state index contributed by atoms with van der Waals surface area (Å²) < 4.78 is 18.6. The number of thiophene rings is 1. The van der Waals surface area contributed by atoms with E-state index in [-0.39, 0.29) is 18.4 Å². The second kappa shape index (κ2) is 6.52. The van der Waals surface area contributed by atoms with Gasteiger partial charge in [0.05, 0.1) is 18.5 Å². The molecule has 0 radical (unpaired) electrons. The van der Waals surface area contributed by atoms with Crippen LogP contribution in [0.4, 0.5) is 4.39 Å². The lowest BCUT2D eigenvalue weighted by molar-refractivity contribution is -0.142. The molecule has 23 heavy (non-hydrogen) atoms. The van der Waals surface area contributed by atoms with Crippen LogP contribution >= 0.6 is 11.3 Å². The summed E-state index contributed by atoms with van der Waals surface area (Å²) >= 11 is 1.43. The molecule has 0 aliphatic heterocycles. The first-order chi connectivity index (χ1) is 11.2. The van der Waals surface area contributed by atoms with Crippen molar-refractivity contribution in [2.75, 3.05) is 13.7 Å². The number of benzene rings is 1. The molecule has 4 nitrogen and oxygen atoms in total. The van der Waals surface area contributed by atoms with E-state index in [1.807, 2.05) is 17.5 Å². The Morgan fingerprint density at radius 2 is 2.30 bits per heavy atom. The average molecular weight is 333 g/mol. The summed E-state index contributed by atoms with van der Waals surface area (Å²) in [6.07, 6.45) is 2.08. The van der Waals surface area contributed by atoms with Crippen molar-refractivity contribution in [2.24, 2.45) is 0 Å². The molecular formula is C17H16FNO3S. The van der Waals surface area contributed by atoms with Crippen molar-refractivity contribution in [1.29, 1.82) is 0 Å². The largest absolute Gasteiger partial charge is 0.469 e. The maximum Gasteiger partial charge on any atom is 0.314 e. The molecule has 1 atom stereocenters. The highest BCUT2D eigenvalue weighted by molar-refractivity contribution is 7.10. The maximum atomic E-state index is 13.8. The molecule has 3 rings (SSSR count). The van der Waals surface area contributed by atoms with Gasteiger partial charge in [-0.15, -0.1) is 11.3 Å². The Labute approximate surface area is 136 Å². The number of aliphatic hydroxyl groups is 1. The number of ether oxygens (including phenoxy) is 1. The van der Waals surface area contributed by atoms with Crippen LogP contribution in [0, 0.1) is 5.82 Å². The zero-order valence-electron chi connectivity index (χ0n) is 12.5. The minimum absolute atomic E-state index is 0.0920. The Morgan fingerprint density at radius 3 is 3.04 bits per heavy atom. The second-order valence-corrected chi connectivity index (χ2v) is 6.13. The van der Waals surface area contributed by atoms with E-state index in [9.17, 15) is 9.18 Å². The normalized spacial score (nSPS) is 12.5. The number of para-hydroxylation sites is 1. The average Bonchev–Trinajstić information content (AvgIpc) is 3.19. The SMILES string of the molecule is COC(=O)C(CCO)c1cc(-c2c[nH]c3c(F)cccc23)cs1. The number of hydrogen-bond donors (Lipinski definition) is 2. The summed E-state index contributed by atoms with van der Waals surface area (Å²) in [7, 11) is 1.34. The number of aliphatic hydroxyl groups excluding tert-OH is 1. The highest BCUT2D eigenvalue weighted by atomic mass is 32.1. The van der Waals surface area contributed by atoms with Gasteiger partial charge in [0.1, 0.15) is 5.82 Å². The third-order valence-corrected chi connectivity index (χ3v) is 4.89. The van der Waals surface area contributed by atoms with Gasteiger partial charge in [0.25, 0.3) is 0 Å². The number of hydrogen-bond acceptors (Lipinski definition) is 4. The predicted molar refractivity (Wildman–Crippen MR) is 88.0 cm³/mol. The summed E-state index contributed by atoms with van der Waals surface area (Å²) in [5, 5.41) is 11.9. The van der Waals surface area contributed by atoms with E-state index in [1.54, 1.807) is 12.3 Å². The van der Waals surface area contributed by atoms with Gasteiger partial charge < -0.3 is 14.8 Å². The zero-order chi connectivity index (χ0) is 16.4. The maximum absolute atomic E-state index is 13.8. The monoisotopic (exact) mass is 333 g/mol. The Bertz CT molecular complexity index is 839. The molecule has 1 aromatic carbocycles. The summed E-state index contributed by atoms with van der Waals surface area (Å²) in [5.74, 6) is -1.14. The topological polar surface area (TPSA) is 62.3 Å². The van der Waals surface area contributed by atoms with Gasteiger partial charge >= 0.3 is 5.97 Å². The van der Waals surface area contributed by atoms with Gasteiger partial charge in [-0.25, -0.2) is 4.39 Å². The van der Waals surface area contributed by atoms with E-state index in [4.69, 9.17) is 9.84 Å². The van der Waals surface area contributed by atoms with Crippen LogP contribution in [0.15, 0.2) is 35.8 Å². The van der Waals surface area contributed by atoms with Crippen molar-refractivity contribution in [1.82, 2.24) is 4.98 Å². The van der Waals surface area contributed by atoms with Crippen LogP contribution in [0.1, 0.15) is 17.2 Å². The molecule has 2 N–H and O–H groups in total. The number of fused-ring (bicyclic) bond motifs is 1. The molecule has 0 saturated carbocycles. The molecule has 120 valence electrons. The molecule has 0 fully saturated rings. The van der Waals surface area contributed by atoms with Crippen LogP contribution in [0.2, 0.25) is 0 Å². The fraction of sp³-hybridized carbons (Fsp3) is 0.235. The predicted octanol–water partition coefficient (Wildman–Crippen LogP) is 3.67. The standard InChI is InChI=1S/C17H16FNO3S/c1-22-17(21)12(5-6-20)15-7-10(9-23-15)13-8-19-16-11(13)3-2-4-14(16)18/h2-4,7-9,12,19-20H,5-6H2,1H3. The number of nitrogens with one attached hydrogen (secondary N) is 1. The van der Waals surface area contributed by atoms with E-state index in [2.05, 4.69) is 4.98 Å². The molecule has 2 heterocycles. The highest BCUT2D eigenvalue weighted by Crippen LogP contribution is 2.36. The molecule has 0 bridgehead atoms. The molecule has 0 saturated heterocycles.